The Hall–Kier alpha value is -3.18. The van der Waals surface area contributed by atoms with Gasteiger partial charge in [0.25, 0.3) is 0 Å². The van der Waals surface area contributed by atoms with E-state index < -0.39 is 29.3 Å². The van der Waals surface area contributed by atoms with Crippen LogP contribution < -0.4 is 20.1 Å². The molecule has 3 fully saturated rings. The number of ketones is 1. The van der Waals surface area contributed by atoms with E-state index in [0.717, 1.165) is 28.7 Å². The Morgan fingerprint density at radius 2 is 1.98 bits per heavy atom. The van der Waals surface area contributed by atoms with E-state index in [-0.39, 0.29) is 54.8 Å². The van der Waals surface area contributed by atoms with Crippen molar-refractivity contribution in [2.45, 2.75) is 94.9 Å². The number of hydrogen-bond acceptors (Lipinski definition) is 7. The van der Waals surface area contributed by atoms with Gasteiger partial charge in [-0.1, -0.05) is 19.9 Å². The largest absolute Gasteiger partial charge is 0.477 e. The quantitative estimate of drug-likeness (QED) is 0.345. The van der Waals surface area contributed by atoms with Crippen molar-refractivity contribution in [2.75, 3.05) is 40.3 Å². The molecule has 2 bridgehead atoms. The van der Waals surface area contributed by atoms with Crippen molar-refractivity contribution in [2.24, 2.45) is 11.8 Å². The highest BCUT2D eigenvalue weighted by Crippen LogP contribution is 2.66. The average Bonchev–Trinajstić information content (AvgIpc) is 3.68. The number of aliphatic hydroxyl groups is 1. The van der Waals surface area contributed by atoms with Crippen molar-refractivity contribution in [3.8, 4) is 11.5 Å². The number of rotatable bonds is 10. The molecule has 1 unspecified atom stereocenters. The second-order valence-electron chi connectivity index (χ2n) is 14.5. The molecule has 3 aliphatic carbocycles. The molecular weight excluding hydrogens is 564 g/mol. The number of Topliss-reactive ketones (excluding diaryl/α,β-unsaturated/α-hetero) is 1. The van der Waals surface area contributed by atoms with Crippen molar-refractivity contribution in [1.82, 2.24) is 15.5 Å². The van der Waals surface area contributed by atoms with Crippen LogP contribution in [0.1, 0.15) is 70.4 Å². The van der Waals surface area contributed by atoms with E-state index in [4.69, 9.17) is 9.47 Å². The zero-order valence-corrected chi connectivity index (χ0v) is 26.6. The maximum absolute atomic E-state index is 13.4. The topological polar surface area (TPSA) is 134 Å². The van der Waals surface area contributed by atoms with Gasteiger partial charge in [-0.25, -0.2) is 4.79 Å². The van der Waals surface area contributed by atoms with Gasteiger partial charge in [-0.15, -0.1) is 0 Å². The fourth-order valence-corrected chi connectivity index (χ4v) is 8.69. The molecule has 2 aliphatic heterocycles. The number of carbonyl (C=O) groups excluding carboxylic acids is 4. The molecule has 240 valence electrons. The summed E-state index contributed by atoms with van der Waals surface area (Å²) in [5.74, 6) is 0.985. The molecule has 1 aromatic carbocycles. The molecule has 5 aliphatic rings. The third-order valence-corrected chi connectivity index (χ3v) is 10.9. The number of amides is 3. The summed E-state index contributed by atoms with van der Waals surface area (Å²) in [7, 11) is 3.86. The molecule has 1 saturated heterocycles. The van der Waals surface area contributed by atoms with E-state index in [1.807, 2.05) is 19.9 Å². The van der Waals surface area contributed by atoms with E-state index in [0.29, 0.717) is 37.4 Å². The number of likely N-dealkylation sites (tertiary alicyclic amines) is 1. The molecule has 44 heavy (non-hydrogen) atoms. The van der Waals surface area contributed by atoms with Crippen LogP contribution in [-0.4, -0.2) is 102 Å². The highest BCUT2D eigenvalue weighted by Gasteiger charge is 2.76. The first-order valence-corrected chi connectivity index (χ1v) is 16.2. The van der Waals surface area contributed by atoms with Crippen LogP contribution in [0.15, 0.2) is 12.1 Å². The first-order chi connectivity index (χ1) is 20.8. The summed E-state index contributed by atoms with van der Waals surface area (Å²) in [6.07, 6.45) is 3.62. The van der Waals surface area contributed by atoms with Gasteiger partial charge in [-0.2, -0.15) is 0 Å². The summed E-state index contributed by atoms with van der Waals surface area (Å²) >= 11 is 0. The van der Waals surface area contributed by atoms with Gasteiger partial charge in [0.05, 0.1) is 25.6 Å². The molecule has 2 saturated carbocycles. The molecule has 11 heteroatoms. The van der Waals surface area contributed by atoms with E-state index in [1.165, 1.54) is 24.7 Å². The van der Waals surface area contributed by atoms with Crippen LogP contribution in [0.5, 0.6) is 11.5 Å². The van der Waals surface area contributed by atoms with E-state index in [1.54, 1.807) is 13.1 Å². The lowest BCUT2D eigenvalue weighted by atomic mass is 9.48. The lowest BCUT2D eigenvalue weighted by Crippen LogP contribution is -2.80. The highest BCUT2D eigenvalue weighted by molar-refractivity contribution is 5.90. The fourth-order valence-electron chi connectivity index (χ4n) is 8.69. The van der Waals surface area contributed by atoms with E-state index in [2.05, 4.69) is 17.7 Å². The molecule has 3 N–H and O–H groups in total. The van der Waals surface area contributed by atoms with Crippen LogP contribution in [0.3, 0.4) is 0 Å². The molecular formula is C33H47N4O7+. The van der Waals surface area contributed by atoms with Crippen molar-refractivity contribution in [1.29, 1.82) is 0 Å². The van der Waals surface area contributed by atoms with Crippen molar-refractivity contribution < 1.29 is 38.2 Å². The number of benzene rings is 1. The van der Waals surface area contributed by atoms with Crippen molar-refractivity contribution in [3.63, 3.8) is 0 Å². The molecule has 6 rings (SSSR count). The number of ether oxygens (including phenoxy) is 2. The SMILES string of the molecule is CC(=O)N[C@@H](CC(C)C)C(=O)NCCN(C)C(=O)Oc1ccc2c3c1O[C@H]1C(=O)CC[C@@]4(O)[C@@H](C2)[N+](C)(CC2CC2)CC[C@]314. The molecule has 6 atom stereocenters. The van der Waals surface area contributed by atoms with Crippen LogP contribution in [-0.2, 0) is 26.2 Å². The number of piperidine rings is 1. The average molecular weight is 612 g/mol. The number of hydrogen-bond donors (Lipinski definition) is 3. The summed E-state index contributed by atoms with van der Waals surface area (Å²) < 4.78 is 13.1. The van der Waals surface area contributed by atoms with Crippen molar-refractivity contribution in [3.05, 3.63) is 23.3 Å². The second-order valence-corrected chi connectivity index (χ2v) is 14.5. The lowest BCUT2D eigenvalue weighted by Gasteiger charge is -2.64. The summed E-state index contributed by atoms with van der Waals surface area (Å²) in [5.41, 5.74) is 0.00338. The summed E-state index contributed by atoms with van der Waals surface area (Å²) in [5, 5.41) is 18.1. The van der Waals surface area contributed by atoms with Gasteiger partial charge in [0, 0.05) is 57.8 Å². The summed E-state index contributed by atoms with van der Waals surface area (Å²) in [4.78, 5) is 52.2. The monoisotopic (exact) mass is 611 g/mol. The van der Waals surface area contributed by atoms with Gasteiger partial charge < -0.3 is 34.6 Å². The maximum atomic E-state index is 13.4. The van der Waals surface area contributed by atoms with Gasteiger partial charge in [0.15, 0.2) is 23.4 Å². The summed E-state index contributed by atoms with van der Waals surface area (Å²) in [6.45, 7) is 7.62. The van der Waals surface area contributed by atoms with Crippen LogP contribution in [0.4, 0.5) is 4.79 Å². The Morgan fingerprint density at radius 1 is 1.23 bits per heavy atom. The Labute approximate surface area is 259 Å². The number of nitrogens with one attached hydrogen (secondary N) is 2. The second kappa shape index (κ2) is 11.0. The number of nitrogens with zero attached hydrogens (tertiary/aromatic N) is 2. The van der Waals surface area contributed by atoms with Crippen LogP contribution in [0, 0.1) is 11.8 Å². The van der Waals surface area contributed by atoms with Gasteiger partial charge in [-0.05, 0) is 43.2 Å². The predicted molar refractivity (Wildman–Crippen MR) is 161 cm³/mol. The zero-order chi connectivity index (χ0) is 31.6. The minimum Gasteiger partial charge on any atom is -0.477 e. The molecule has 3 amide bonds. The Balaban J connectivity index is 1.19. The normalized spacial score (nSPS) is 31.9. The van der Waals surface area contributed by atoms with Gasteiger partial charge >= 0.3 is 6.09 Å². The standard InChI is InChI=1S/C33H46N4O7/c1-19(2)16-23(35-20(3)38)30(40)34-13-14-36(4)31(41)43-25-9-8-22-17-26-33(42)11-10-24(39)29-32(33,27(22)28(25)44-29)12-15-37(26,5)18-21-6-7-21/h8-9,19,21,23,26,29,42H,6-7,10-18H2,1-5H3,(H-,34,35,38,40)/p+1/t23-,26+,29-,32-,33+,37?/m0/s1. The fraction of sp³-hybridized carbons (Fsp3) is 0.697. The first-order valence-electron chi connectivity index (χ1n) is 16.2. The minimum absolute atomic E-state index is 0.00376. The molecule has 0 aromatic heterocycles. The predicted octanol–water partition coefficient (Wildman–Crippen LogP) is 2.06. The van der Waals surface area contributed by atoms with E-state index in [9.17, 15) is 24.3 Å². The number of quaternary nitrogens is 1. The van der Waals surface area contributed by atoms with Gasteiger partial charge in [-0.3, -0.25) is 14.4 Å². The Kier molecular flexibility index (Phi) is 7.72. The molecule has 0 radical (unpaired) electrons. The van der Waals surface area contributed by atoms with Crippen LogP contribution in [0.25, 0.3) is 0 Å². The molecule has 2 heterocycles. The highest BCUT2D eigenvalue weighted by atomic mass is 16.6. The lowest BCUT2D eigenvalue weighted by molar-refractivity contribution is -0.950. The first kappa shape index (κ1) is 30.8. The van der Waals surface area contributed by atoms with Crippen LogP contribution in [0.2, 0.25) is 0 Å². The minimum atomic E-state index is -1.08. The third kappa shape index (κ3) is 4.96. The third-order valence-electron chi connectivity index (χ3n) is 10.9. The Morgan fingerprint density at radius 3 is 2.66 bits per heavy atom. The maximum Gasteiger partial charge on any atom is 0.415 e. The van der Waals surface area contributed by atoms with Crippen LogP contribution >= 0.6 is 0 Å². The Bertz CT molecular complexity index is 1380. The van der Waals surface area contributed by atoms with Gasteiger partial charge in [0.1, 0.15) is 17.7 Å². The zero-order valence-electron chi connectivity index (χ0n) is 26.6. The van der Waals surface area contributed by atoms with Gasteiger partial charge in [0.2, 0.25) is 11.8 Å². The molecule has 1 spiro atoms. The van der Waals surface area contributed by atoms with Crippen molar-refractivity contribution >= 4 is 23.7 Å². The number of carbonyl (C=O) groups is 4. The molecule has 11 nitrogen and oxygen atoms in total. The smallest absolute Gasteiger partial charge is 0.415 e. The molecule has 1 aromatic rings. The van der Waals surface area contributed by atoms with E-state index >= 15 is 0 Å². The number of likely N-dealkylation sites (N-methyl/N-ethyl adjacent to an activating group) is 2. The summed E-state index contributed by atoms with van der Waals surface area (Å²) in [6, 6.07) is 3.06.